The number of esters is 2. The Bertz CT molecular complexity index is 1110. The van der Waals surface area contributed by atoms with Crippen LogP contribution in [-0.2, 0) is 32.7 Å². The smallest absolute Gasteiger partial charge is 0.462 e. The third kappa shape index (κ3) is 41.3. The van der Waals surface area contributed by atoms with Crippen molar-refractivity contribution in [2.24, 2.45) is 5.73 Å². The molecule has 0 aromatic heterocycles. The first-order valence-corrected chi connectivity index (χ1v) is 23.4. The molecule has 10 nitrogen and oxygen atoms in total. The summed E-state index contributed by atoms with van der Waals surface area (Å²) in [7, 11) is -4.40. The maximum Gasteiger partial charge on any atom is 0.472 e. The van der Waals surface area contributed by atoms with Crippen LogP contribution in [-0.4, -0.2) is 61.0 Å². The minimum atomic E-state index is -4.40. The minimum absolute atomic E-state index is 0.0373. The van der Waals surface area contributed by atoms with Gasteiger partial charge in [-0.2, -0.15) is 0 Å². The van der Waals surface area contributed by atoms with Gasteiger partial charge in [0.25, 0.3) is 0 Å². The van der Waals surface area contributed by atoms with E-state index in [4.69, 9.17) is 29.4 Å². The number of hydrogen-bond acceptors (Lipinski definition) is 9. The van der Waals surface area contributed by atoms with Gasteiger partial charge in [0.1, 0.15) is 6.61 Å². The quantitative estimate of drug-likeness (QED) is 0.0235. The molecule has 0 spiro atoms. The van der Waals surface area contributed by atoms with E-state index in [0.29, 0.717) is 19.3 Å². The van der Waals surface area contributed by atoms with Crippen molar-refractivity contribution in [2.75, 3.05) is 33.0 Å². The lowest BCUT2D eigenvalue weighted by molar-refractivity contribution is -0.161. The zero-order valence-corrected chi connectivity index (χ0v) is 35.9. The van der Waals surface area contributed by atoms with Gasteiger partial charge < -0.3 is 25.2 Å². The van der Waals surface area contributed by atoms with Crippen LogP contribution in [0.2, 0.25) is 0 Å². The van der Waals surface area contributed by atoms with Gasteiger partial charge in [-0.1, -0.05) is 138 Å². The normalized spacial score (nSPS) is 13.9. The molecule has 0 aromatic carbocycles. The second kappa shape index (κ2) is 42.3. The van der Waals surface area contributed by atoms with Crippen LogP contribution in [0, 0.1) is 0 Å². The number of hydrogen-bond donors (Lipinski definition) is 3. The van der Waals surface area contributed by atoms with Crippen molar-refractivity contribution in [2.45, 2.75) is 180 Å². The fraction of sp³-hybridized carbons (Fsp3) is 0.733. The fourth-order valence-electron chi connectivity index (χ4n) is 5.66. The molecule has 56 heavy (non-hydrogen) atoms. The molecule has 0 aliphatic heterocycles. The molecular formula is C45H80NO9P. The summed E-state index contributed by atoms with van der Waals surface area (Å²) in [5, 5.41) is 8.79. The van der Waals surface area contributed by atoms with Crippen LogP contribution in [0.5, 0.6) is 0 Å². The van der Waals surface area contributed by atoms with Crippen LogP contribution in [0.1, 0.15) is 174 Å². The molecule has 324 valence electrons. The van der Waals surface area contributed by atoms with E-state index in [2.05, 4.69) is 61.6 Å². The van der Waals surface area contributed by atoms with Gasteiger partial charge in [-0.15, -0.1) is 0 Å². The average molecular weight is 810 g/mol. The van der Waals surface area contributed by atoms with Crippen molar-refractivity contribution in [3.8, 4) is 0 Å². The van der Waals surface area contributed by atoms with Crippen molar-refractivity contribution >= 4 is 19.8 Å². The van der Waals surface area contributed by atoms with E-state index >= 15 is 0 Å². The van der Waals surface area contributed by atoms with Crippen LogP contribution < -0.4 is 5.73 Å². The number of carbonyl (C=O) groups is 2. The summed E-state index contributed by atoms with van der Waals surface area (Å²) in [4.78, 5) is 34.8. The summed E-state index contributed by atoms with van der Waals surface area (Å²) in [6, 6.07) is 0. The summed E-state index contributed by atoms with van der Waals surface area (Å²) in [6.07, 6.45) is 47.0. The predicted molar refractivity (Wildman–Crippen MR) is 230 cm³/mol. The molecule has 0 rings (SSSR count). The van der Waals surface area contributed by atoms with Gasteiger partial charge in [0.2, 0.25) is 0 Å². The standard InChI is InChI=1S/C45H80NO9P/c1-2-3-4-5-6-7-8-9-10-12-15-18-21-24-27-30-33-36-44(48)52-41-43(42-54-56(50,51)53-40-38-46)55-45(49)37-34-31-28-25-22-19-16-13-11-14-17-20-23-26-29-32-35-39-47/h9-11,14,16,19-20,23,25,28,43,47H,2-8,12-13,15,17-18,21-22,24,26-27,29-42,46H2,1H3,(H,50,51)/b10-9-,14-11-,19-16-,23-20-,28-25-/t43-/m1/s1. The molecule has 2 atom stereocenters. The largest absolute Gasteiger partial charge is 0.472 e. The number of ether oxygens (including phenoxy) is 2. The summed E-state index contributed by atoms with van der Waals surface area (Å²) >= 11 is 0. The molecule has 0 saturated heterocycles. The molecular weight excluding hydrogens is 729 g/mol. The number of rotatable bonds is 41. The first-order chi connectivity index (χ1) is 27.3. The Hall–Kier alpha value is -2.33. The number of unbranched alkanes of at least 4 members (excludes halogenated alkanes) is 17. The third-order valence-electron chi connectivity index (χ3n) is 8.93. The van der Waals surface area contributed by atoms with Crippen LogP contribution >= 0.6 is 7.82 Å². The van der Waals surface area contributed by atoms with E-state index < -0.39 is 32.5 Å². The van der Waals surface area contributed by atoms with Crippen molar-refractivity contribution in [3.63, 3.8) is 0 Å². The van der Waals surface area contributed by atoms with E-state index in [1.54, 1.807) is 0 Å². The number of carbonyl (C=O) groups excluding carboxylic acids is 2. The first kappa shape index (κ1) is 53.7. The molecule has 4 N–H and O–H groups in total. The molecule has 0 aromatic rings. The zero-order valence-electron chi connectivity index (χ0n) is 35.0. The average Bonchev–Trinajstić information content (AvgIpc) is 3.18. The molecule has 0 fully saturated rings. The van der Waals surface area contributed by atoms with Gasteiger partial charge in [-0.05, 0) is 83.5 Å². The molecule has 0 aliphatic carbocycles. The Morgan fingerprint density at radius 3 is 1.55 bits per heavy atom. The van der Waals surface area contributed by atoms with Crippen molar-refractivity contribution in [1.82, 2.24) is 0 Å². The second-order valence-electron chi connectivity index (χ2n) is 14.3. The van der Waals surface area contributed by atoms with Crippen LogP contribution in [0.4, 0.5) is 0 Å². The van der Waals surface area contributed by atoms with Crippen LogP contribution in [0.3, 0.4) is 0 Å². The number of phosphoric ester groups is 1. The van der Waals surface area contributed by atoms with Gasteiger partial charge in [0.15, 0.2) is 6.10 Å². The number of allylic oxidation sites excluding steroid dienone is 10. The number of aliphatic hydroxyl groups excluding tert-OH is 1. The third-order valence-corrected chi connectivity index (χ3v) is 9.91. The SMILES string of the molecule is CCCCCCCC/C=C\CCCCCCCCCC(=O)OC[C@H](COP(=O)(O)OCCN)OC(=O)CCC/C=C\C/C=C\C/C=C\C/C=C\CCCCCO. The summed E-state index contributed by atoms with van der Waals surface area (Å²) < 4.78 is 32.7. The second-order valence-corrected chi connectivity index (χ2v) is 15.7. The van der Waals surface area contributed by atoms with Gasteiger partial charge >= 0.3 is 19.8 Å². The Kier molecular flexibility index (Phi) is 40.5. The van der Waals surface area contributed by atoms with Gasteiger partial charge in [-0.3, -0.25) is 18.6 Å². The lowest BCUT2D eigenvalue weighted by Crippen LogP contribution is -2.29. The molecule has 0 heterocycles. The maximum absolute atomic E-state index is 12.6. The Morgan fingerprint density at radius 2 is 1.02 bits per heavy atom. The Labute approximate surface area is 341 Å². The van der Waals surface area contributed by atoms with Crippen molar-refractivity contribution in [1.29, 1.82) is 0 Å². The Balaban J connectivity index is 4.25. The molecule has 0 bridgehead atoms. The highest BCUT2D eigenvalue weighted by Gasteiger charge is 2.25. The van der Waals surface area contributed by atoms with Gasteiger partial charge in [0, 0.05) is 26.0 Å². The van der Waals surface area contributed by atoms with E-state index in [9.17, 15) is 19.0 Å². The van der Waals surface area contributed by atoms with E-state index in [0.717, 1.165) is 70.6 Å². The number of aliphatic hydroxyl groups is 1. The molecule has 1 unspecified atom stereocenters. The van der Waals surface area contributed by atoms with Crippen LogP contribution in [0.15, 0.2) is 60.8 Å². The number of nitrogens with two attached hydrogens (primary N) is 1. The molecule has 0 aliphatic rings. The van der Waals surface area contributed by atoms with E-state index in [1.165, 1.54) is 64.2 Å². The van der Waals surface area contributed by atoms with Gasteiger partial charge in [-0.25, -0.2) is 4.57 Å². The number of phosphoric acid groups is 1. The summed E-state index contributed by atoms with van der Waals surface area (Å²) in [5.74, 6) is -0.916. The summed E-state index contributed by atoms with van der Waals surface area (Å²) in [6.45, 7) is 1.65. The Morgan fingerprint density at radius 1 is 0.571 bits per heavy atom. The van der Waals surface area contributed by atoms with E-state index in [-0.39, 0.29) is 39.2 Å². The monoisotopic (exact) mass is 810 g/mol. The van der Waals surface area contributed by atoms with Gasteiger partial charge in [0.05, 0.1) is 13.2 Å². The lowest BCUT2D eigenvalue weighted by Gasteiger charge is -2.19. The minimum Gasteiger partial charge on any atom is -0.462 e. The molecule has 0 saturated carbocycles. The van der Waals surface area contributed by atoms with E-state index in [1.807, 2.05) is 6.08 Å². The van der Waals surface area contributed by atoms with Crippen molar-refractivity contribution in [3.05, 3.63) is 60.8 Å². The fourth-order valence-corrected chi connectivity index (χ4v) is 6.42. The molecule has 0 amide bonds. The zero-order chi connectivity index (χ0) is 41.1. The maximum atomic E-state index is 12.6. The molecule has 0 radical (unpaired) electrons. The lowest BCUT2D eigenvalue weighted by atomic mass is 10.1. The first-order valence-electron chi connectivity index (χ1n) is 21.9. The molecule has 11 heteroatoms. The predicted octanol–water partition coefficient (Wildman–Crippen LogP) is 11.5. The highest BCUT2D eigenvalue weighted by Crippen LogP contribution is 2.43. The summed E-state index contributed by atoms with van der Waals surface area (Å²) in [5.41, 5.74) is 5.34. The van der Waals surface area contributed by atoms with Crippen molar-refractivity contribution < 1.29 is 42.7 Å². The highest BCUT2D eigenvalue weighted by molar-refractivity contribution is 7.47. The topological polar surface area (TPSA) is 155 Å². The van der Waals surface area contributed by atoms with Crippen LogP contribution in [0.25, 0.3) is 0 Å². The highest BCUT2D eigenvalue weighted by atomic mass is 31.2.